The number of fused-ring (bicyclic) bond motifs is 12. The molecule has 132 heavy (non-hydrogen) atoms. The van der Waals surface area contributed by atoms with Crippen LogP contribution in [0.4, 0.5) is 45.5 Å². The van der Waals surface area contributed by atoms with Crippen molar-refractivity contribution in [1.29, 1.82) is 0 Å². The Morgan fingerprint density at radius 2 is 0.447 bits per heavy atom. The van der Waals surface area contributed by atoms with E-state index in [1.54, 1.807) is 0 Å². The average Bonchev–Trinajstić information content (AvgIpc) is 1.58. The molecule has 20 aromatic carbocycles. The van der Waals surface area contributed by atoms with Crippen LogP contribution in [0.5, 0.6) is 0 Å². The van der Waals surface area contributed by atoms with Gasteiger partial charge in [0.2, 0.25) is 0 Å². The summed E-state index contributed by atoms with van der Waals surface area (Å²) in [5.74, 6) is 0. The monoisotopic (exact) mass is 1700 g/mol. The summed E-state index contributed by atoms with van der Waals surface area (Å²) < 4.78 is 18.3. The molecule has 0 bridgehead atoms. The van der Waals surface area contributed by atoms with Crippen molar-refractivity contribution in [1.82, 2.24) is 0 Å². The predicted octanol–water partition coefficient (Wildman–Crippen LogP) is 34.4. The van der Waals surface area contributed by atoms with Crippen molar-refractivity contribution >= 4 is 111 Å². The summed E-state index contributed by atoms with van der Waals surface area (Å²) in [5, 5.41) is 6.94. The standard InChI is InChI=1S/C32H25N.3C31H23NO/c1-33(31-17-8-7-14-28(31)23-10-3-2-4-11-23)27-20-18-24(19-21-27)29-16-9-13-26-22-25-12-5-6-15-30(25)32(26)29;1-32(29-16-7-5-12-25(29)22-10-3-2-4-11-22)24-20-18-23(19-21-24)26-14-9-15-28-27-13-6-8-17-30(27)33-31(26)28;1-32(29-13-7-5-11-26(29)23-9-3-2-4-10-23)25-18-15-22(16-19-25)24-17-20-31-28(21-24)27-12-6-8-14-30(27)33-31;1-32(29-13-7-5-11-26(29)23-9-3-2-4-10-23)25-18-15-22(16-19-25)24-17-20-28-27-12-6-8-14-30(27)33-31(28)21-24/h2-21H,22H2,1H3;3*2-21H,1H3. The number of hydrogen-bond acceptors (Lipinski definition) is 7. The van der Waals surface area contributed by atoms with Gasteiger partial charge in [-0.15, -0.1) is 0 Å². The minimum atomic E-state index is 0.923. The van der Waals surface area contributed by atoms with Crippen molar-refractivity contribution in [3.8, 4) is 100 Å². The van der Waals surface area contributed by atoms with Crippen LogP contribution in [-0.2, 0) is 6.42 Å². The summed E-state index contributed by atoms with van der Waals surface area (Å²) in [6.45, 7) is 0. The fourth-order valence-corrected chi connectivity index (χ4v) is 18.8. The first-order valence-corrected chi connectivity index (χ1v) is 45.0. The van der Waals surface area contributed by atoms with E-state index < -0.39 is 0 Å². The summed E-state index contributed by atoms with van der Waals surface area (Å²) in [5.41, 5.74) is 39.9. The van der Waals surface area contributed by atoms with Gasteiger partial charge in [-0.05, 0) is 205 Å². The summed E-state index contributed by atoms with van der Waals surface area (Å²) in [4.78, 5) is 9.01. The smallest absolute Gasteiger partial charge is 0.143 e. The third-order valence-electron chi connectivity index (χ3n) is 25.7. The minimum absolute atomic E-state index is 0.923. The molecule has 0 saturated carbocycles. The van der Waals surface area contributed by atoms with Crippen molar-refractivity contribution in [2.75, 3.05) is 47.8 Å². The van der Waals surface area contributed by atoms with Gasteiger partial charge in [-0.1, -0.05) is 370 Å². The van der Waals surface area contributed by atoms with Gasteiger partial charge in [0.1, 0.15) is 33.5 Å². The van der Waals surface area contributed by atoms with Crippen LogP contribution in [0.15, 0.2) is 499 Å². The van der Waals surface area contributed by atoms with E-state index in [-0.39, 0.29) is 0 Å². The lowest BCUT2D eigenvalue weighted by Crippen LogP contribution is -2.10. The Hall–Kier alpha value is -17.0. The van der Waals surface area contributed by atoms with Crippen LogP contribution in [0.2, 0.25) is 0 Å². The molecule has 24 rings (SSSR count). The topological polar surface area (TPSA) is 52.4 Å². The van der Waals surface area contributed by atoms with Crippen LogP contribution in [-0.4, -0.2) is 28.2 Å². The molecule has 7 heteroatoms. The quantitative estimate of drug-likeness (QED) is 0.0955. The maximum atomic E-state index is 6.24. The van der Waals surface area contributed by atoms with Crippen LogP contribution < -0.4 is 19.6 Å². The largest absolute Gasteiger partial charge is 0.456 e. The second-order valence-corrected chi connectivity index (χ2v) is 33.5. The molecule has 7 nitrogen and oxygen atoms in total. The number of rotatable bonds is 16. The maximum absolute atomic E-state index is 6.24. The normalized spacial score (nSPS) is 11.3. The molecule has 0 spiro atoms. The van der Waals surface area contributed by atoms with E-state index in [1.807, 2.05) is 36.4 Å². The lowest BCUT2D eigenvalue weighted by molar-refractivity contribution is 0.668. The van der Waals surface area contributed by atoms with Crippen LogP contribution in [0.3, 0.4) is 0 Å². The summed E-state index contributed by atoms with van der Waals surface area (Å²) in [6, 6.07) is 171. The number of anilines is 8. The molecule has 0 unspecified atom stereocenters. The van der Waals surface area contributed by atoms with Gasteiger partial charge in [0.05, 0.1) is 0 Å². The van der Waals surface area contributed by atoms with E-state index >= 15 is 0 Å². The van der Waals surface area contributed by atoms with Crippen molar-refractivity contribution in [2.24, 2.45) is 0 Å². The lowest BCUT2D eigenvalue weighted by Gasteiger charge is -2.23. The van der Waals surface area contributed by atoms with Crippen LogP contribution in [0.1, 0.15) is 11.1 Å². The molecule has 23 aromatic rings. The zero-order valence-corrected chi connectivity index (χ0v) is 73.9. The second-order valence-electron chi connectivity index (χ2n) is 33.5. The highest BCUT2D eigenvalue weighted by atomic mass is 16.3. The van der Waals surface area contributed by atoms with Crippen molar-refractivity contribution in [3.63, 3.8) is 0 Å². The third kappa shape index (κ3) is 16.5. The number of benzene rings is 20. The van der Waals surface area contributed by atoms with Crippen molar-refractivity contribution < 1.29 is 13.3 Å². The van der Waals surface area contributed by atoms with Crippen LogP contribution >= 0.6 is 0 Å². The van der Waals surface area contributed by atoms with Gasteiger partial charge in [-0.2, -0.15) is 0 Å². The molecule has 0 radical (unpaired) electrons. The zero-order chi connectivity index (χ0) is 88.8. The molecule has 1 aliphatic carbocycles. The van der Waals surface area contributed by atoms with Gasteiger partial charge in [0, 0.05) is 134 Å². The first-order valence-electron chi connectivity index (χ1n) is 45.0. The summed E-state index contributed by atoms with van der Waals surface area (Å²) in [6.07, 6.45) is 1.02. The highest BCUT2D eigenvalue weighted by molar-refractivity contribution is 6.11. The molecule has 0 atom stereocenters. The Kier molecular flexibility index (Phi) is 22.8. The number of hydrogen-bond donors (Lipinski definition) is 0. The van der Waals surface area contributed by atoms with Gasteiger partial charge < -0.3 is 32.9 Å². The molecule has 0 fully saturated rings. The van der Waals surface area contributed by atoms with Gasteiger partial charge in [-0.25, -0.2) is 0 Å². The molecule has 0 N–H and O–H groups in total. The first kappa shape index (κ1) is 82.0. The average molecular weight is 1700 g/mol. The SMILES string of the molecule is CN(c1ccc(-c2ccc3c(c2)oc2ccccc23)cc1)c1ccccc1-c1ccccc1.CN(c1ccc(-c2ccc3oc4ccccc4c3c2)cc1)c1ccccc1-c1ccccc1.CN(c1ccc(-c2cccc3c2-c2ccccc2C3)cc1)c1ccccc1-c1ccccc1.CN(c1ccc(-c2cccc3c2oc2ccccc23)cc1)c1ccccc1-c1ccccc1. The predicted molar refractivity (Wildman–Crippen MR) is 557 cm³/mol. The molecule has 3 heterocycles. The Bertz CT molecular complexity index is 8010. The zero-order valence-electron chi connectivity index (χ0n) is 73.9. The van der Waals surface area contributed by atoms with E-state index in [9.17, 15) is 0 Å². The number of nitrogens with zero attached hydrogens (tertiary/aromatic N) is 4. The Morgan fingerprint density at radius 3 is 0.902 bits per heavy atom. The van der Waals surface area contributed by atoms with Crippen molar-refractivity contribution in [3.05, 3.63) is 496 Å². The number of furan rings is 3. The fraction of sp³-hybridized carbons (Fsp3) is 0.0400. The molecule has 0 aliphatic heterocycles. The summed E-state index contributed by atoms with van der Waals surface area (Å²) in [7, 11) is 8.52. The maximum Gasteiger partial charge on any atom is 0.143 e. The Morgan fingerprint density at radius 1 is 0.167 bits per heavy atom. The van der Waals surface area contributed by atoms with Crippen molar-refractivity contribution in [2.45, 2.75) is 6.42 Å². The molecule has 3 aromatic heterocycles. The fourth-order valence-electron chi connectivity index (χ4n) is 18.8. The Balaban J connectivity index is 0.000000106. The van der Waals surface area contributed by atoms with Gasteiger partial charge in [0.25, 0.3) is 0 Å². The van der Waals surface area contributed by atoms with Crippen LogP contribution in [0.25, 0.3) is 166 Å². The molecule has 0 saturated heterocycles. The number of para-hydroxylation sites is 8. The molecule has 1 aliphatic rings. The molecular formula is C125H94N4O3. The van der Waals surface area contributed by atoms with E-state index in [0.29, 0.717) is 0 Å². The van der Waals surface area contributed by atoms with Gasteiger partial charge >= 0.3 is 0 Å². The van der Waals surface area contributed by atoms with E-state index in [1.165, 1.54) is 123 Å². The Labute approximate surface area is 770 Å². The third-order valence-corrected chi connectivity index (χ3v) is 25.7. The van der Waals surface area contributed by atoms with Crippen LogP contribution in [0, 0.1) is 0 Å². The molecular weight excluding hydrogens is 1610 g/mol. The highest BCUT2D eigenvalue weighted by Crippen LogP contribution is 2.47. The highest BCUT2D eigenvalue weighted by Gasteiger charge is 2.24. The second kappa shape index (κ2) is 36.8. The molecule has 632 valence electrons. The lowest BCUT2D eigenvalue weighted by atomic mass is 9.94. The van der Waals surface area contributed by atoms with E-state index in [4.69, 9.17) is 13.3 Å². The van der Waals surface area contributed by atoms with Gasteiger partial charge in [0.15, 0.2) is 0 Å². The van der Waals surface area contributed by atoms with E-state index in [2.05, 4.69) is 497 Å². The van der Waals surface area contributed by atoms with Gasteiger partial charge in [-0.3, -0.25) is 0 Å². The molecule has 0 amide bonds. The summed E-state index contributed by atoms with van der Waals surface area (Å²) >= 11 is 0. The minimum Gasteiger partial charge on any atom is -0.456 e. The van der Waals surface area contributed by atoms with E-state index in [0.717, 1.165) is 106 Å². The first-order chi connectivity index (χ1) is 65.1.